The largest absolute Gasteiger partial charge is 0.462 e. The van der Waals surface area contributed by atoms with Crippen molar-refractivity contribution in [1.82, 2.24) is 0 Å². The maximum Gasteiger partial charge on any atom is 0.306 e. The summed E-state index contributed by atoms with van der Waals surface area (Å²) in [6.45, 7) is 6.53. The molecule has 0 radical (unpaired) electrons. The molecule has 0 amide bonds. The highest BCUT2D eigenvalue weighted by atomic mass is 16.6. The lowest BCUT2D eigenvalue weighted by atomic mass is 10.0. The van der Waals surface area contributed by atoms with E-state index in [4.69, 9.17) is 14.2 Å². The second kappa shape index (κ2) is 46.1. The van der Waals surface area contributed by atoms with Crippen LogP contribution in [0.15, 0.2) is 48.6 Å². The molecule has 57 heavy (non-hydrogen) atoms. The molecule has 0 rings (SSSR count). The van der Waals surface area contributed by atoms with Crippen LogP contribution in [0.2, 0.25) is 0 Å². The molecule has 0 aromatic heterocycles. The number of allylic oxidation sites excluding steroid dienone is 8. The van der Waals surface area contributed by atoms with E-state index in [0.29, 0.717) is 19.3 Å². The number of ether oxygens (including phenoxy) is 3. The molecule has 0 N–H and O–H groups in total. The van der Waals surface area contributed by atoms with Crippen LogP contribution in [0.5, 0.6) is 0 Å². The molecular weight excluding hydrogens is 709 g/mol. The summed E-state index contributed by atoms with van der Waals surface area (Å²) in [7, 11) is 0. The van der Waals surface area contributed by atoms with Gasteiger partial charge in [0.25, 0.3) is 0 Å². The lowest BCUT2D eigenvalue weighted by Crippen LogP contribution is -2.30. The summed E-state index contributed by atoms with van der Waals surface area (Å²) in [4.78, 5) is 37.7. The standard InChI is InChI=1S/C51H90O6/c1-4-7-10-13-16-19-22-24-25-26-27-28-30-32-35-38-41-44-50(53)56-47-48(46-55-49(52)43-40-37-34-31-21-18-15-12-9-6-3)57-51(54)45-42-39-36-33-29-23-20-17-14-11-8-5-2/h15,18,24-25,27-28,32,35,48H,4-14,16-17,19-23,26,29-31,33-34,36-47H2,1-3H3/b18-15-,25-24-,28-27-,35-32-. The van der Waals surface area contributed by atoms with Gasteiger partial charge in [-0.2, -0.15) is 0 Å². The Kier molecular flexibility index (Phi) is 43.9. The fourth-order valence-electron chi connectivity index (χ4n) is 6.61. The Morgan fingerprint density at radius 3 is 1.12 bits per heavy atom. The van der Waals surface area contributed by atoms with Gasteiger partial charge in [0.1, 0.15) is 13.2 Å². The molecule has 0 heterocycles. The summed E-state index contributed by atoms with van der Waals surface area (Å²) in [5.74, 6) is -0.958. The molecule has 0 aliphatic heterocycles. The van der Waals surface area contributed by atoms with Crippen LogP contribution in [0.1, 0.15) is 239 Å². The first kappa shape index (κ1) is 54.4. The molecule has 0 spiro atoms. The molecule has 330 valence electrons. The molecule has 0 aliphatic rings. The van der Waals surface area contributed by atoms with E-state index in [9.17, 15) is 14.4 Å². The Bertz CT molecular complexity index is 1010. The van der Waals surface area contributed by atoms with E-state index in [0.717, 1.165) is 77.0 Å². The number of rotatable bonds is 43. The van der Waals surface area contributed by atoms with E-state index < -0.39 is 6.10 Å². The molecule has 6 heteroatoms. The quantitative estimate of drug-likeness (QED) is 0.0265. The third-order valence-electron chi connectivity index (χ3n) is 10.3. The molecule has 0 saturated carbocycles. The summed E-state index contributed by atoms with van der Waals surface area (Å²) in [6.07, 6.45) is 53.9. The molecule has 0 aliphatic carbocycles. The smallest absolute Gasteiger partial charge is 0.306 e. The van der Waals surface area contributed by atoms with E-state index in [1.165, 1.54) is 116 Å². The lowest BCUT2D eigenvalue weighted by molar-refractivity contribution is -0.167. The average Bonchev–Trinajstić information content (AvgIpc) is 3.21. The first-order valence-corrected chi connectivity index (χ1v) is 24.1. The zero-order valence-electron chi connectivity index (χ0n) is 37.6. The molecular formula is C51H90O6. The zero-order valence-corrected chi connectivity index (χ0v) is 37.6. The van der Waals surface area contributed by atoms with E-state index in [-0.39, 0.29) is 37.5 Å². The number of esters is 3. The molecule has 0 fully saturated rings. The van der Waals surface area contributed by atoms with Crippen LogP contribution in [-0.4, -0.2) is 37.2 Å². The van der Waals surface area contributed by atoms with Crippen molar-refractivity contribution in [3.05, 3.63) is 48.6 Å². The summed E-state index contributed by atoms with van der Waals surface area (Å²) >= 11 is 0. The Morgan fingerprint density at radius 1 is 0.351 bits per heavy atom. The Balaban J connectivity index is 4.42. The van der Waals surface area contributed by atoms with Crippen LogP contribution >= 0.6 is 0 Å². The summed E-state index contributed by atoms with van der Waals surface area (Å²) < 4.78 is 16.7. The van der Waals surface area contributed by atoms with Gasteiger partial charge in [0.05, 0.1) is 0 Å². The van der Waals surface area contributed by atoms with E-state index in [2.05, 4.69) is 69.4 Å². The summed E-state index contributed by atoms with van der Waals surface area (Å²) in [5.41, 5.74) is 0. The molecule has 0 aromatic carbocycles. The minimum Gasteiger partial charge on any atom is -0.462 e. The summed E-state index contributed by atoms with van der Waals surface area (Å²) in [5, 5.41) is 0. The van der Waals surface area contributed by atoms with Gasteiger partial charge < -0.3 is 14.2 Å². The number of unbranched alkanes of at least 4 members (excludes halogenated alkanes) is 24. The van der Waals surface area contributed by atoms with Crippen molar-refractivity contribution < 1.29 is 28.6 Å². The van der Waals surface area contributed by atoms with Gasteiger partial charge in [-0.1, -0.05) is 198 Å². The second-order valence-corrected chi connectivity index (χ2v) is 16.0. The highest BCUT2D eigenvalue weighted by Crippen LogP contribution is 2.14. The van der Waals surface area contributed by atoms with Crippen molar-refractivity contribution in [2.24, 2.45) is 0 Å². The first-order valence-electron chi connectivity index (χ1n) is 24.1. The van der Waals surface area contributed by atoms with Crippen LogP contribution in [0.3, 0.4) is 0 Å². The van der Waals surface area contributed by atoms with Gasteiger partial charge in [0, 0.05) is 19.3 Å². The maximum atomic E-state index is 12.7. The molecule has 1 atom stereocenters. The normalized spacial score (nSPS) is 12.4. The van der Waals surface area contributed by atoms with Crippen molar-refractivity contribution in [3.63, 3.8) is 0 Å². The molecule has 0 saturated heterocycles. The summed E-state index contributed by atoms with van der Waals surface area (Å²) in [6, 6.07) is 0. The van der Waals surface area contributed by atoms with Crippen LogP contribution in [0.4, 0.5) is 0 Å². The lowest BCUT2D eigenvalue weighted by Gasteiger charge is -2.18. The third kappa shape index (κ3) is 44.3. The second-order valence-electron chi connectivity index (χ2n) is 16.0. The van der Waals surface area contributed by atoms with Gasteiger partial charge in [-0.05, 0) is 70.6 Å². The Labute approximate surface area is 352 Å². The Hall–Kier alpha value is -2.63. The average molecular weight is 799 g/mol. The van der Waals surface area contributed by atoms with Crippen LogP contribution in [0.25, 0.3) is 0 Å². The molecule has 0 aromatic rings. The van der Waals surface area contributed by atoms with Crippen LogP contribution < -0.4 is 0 Å². The maximum absolute atomic E-state index is 12.7. The van der Waals surface area contributed by atoms with Gasteiger partial charge in [-0.3, -0.25) is 14.4 Å². The zero-order chi connectivity index (χ0) is 41.5. The predicted molar refractivity (Wildman–Crippen MR) is 242 cm³/mol. The Morgan fingerprint density at radius 2 is 0.667 bits per heavy atom. The minimum absolute atomic E-state index is 0.0932. The molecule has 1 unspecified atom stereocenters. The first-order chi connectivity index (χ1) is 28.0. The van der Waals surface area contributed by atoms with Gasteiger partial charge >= 0.3 is 17.9 Å². The van der Waals surface area contributed by atoms with Crippen LogP contribution in [0, 0.1) is 0 Å². The van der Waals surface area contributed by atoms with Crippen molar-refractivity contribution in [1.29, 1.82) is 0 Å². The van der Waals surface area contributed by atoms with Gasteiger partial charge in [-0.15, -0.1) is 0 Å². The monoisotopic (exact) mass is 799 g/mol. The van der Waals surface area contributed by atoms with Crippen LogP contribution in [-0.2, 0) is 28.6 Å². The fraction of sp³-hybridized carbons (Fsp3) is 0.784. The van der Waals surface area contributed by atoms with Crippen molar-refractivity contribution in [2.75, 3.05) is 13.2 Å². The van der Waals surface area contributed by atoms with Gasteiger partial charge in [0.2, 0.25) is 0 Å². The van der Waals surface area contributed by atoms with Gasteiger partial charge in [-0.25, -0.2) is 0 Å². The number of hydrogen-bond acceptors (Lipinski definition) is 6. The molecule has 0 bridgehead atoms. The van der Waals surface area contributed by atoms with Gasteiger partial charge in [0.15, 0.2) is 6.10 Å². The highest BCUT2D eigenvalue weighted by molar-refractivity contribution is 5.71. The highest BCUT2D eigenvalue weighted by Gasteiger charge is 2.19. The van der Waals surface area contributed by atoms with E-state index >= 15 is 0 Å². The van der Waals surface area contributed by atoms with Crippen molar-refractivity contribution in [3.8, 4) is 0 Å². The topological polar surface area (TPSA) is 78.9 Å². The SMILES string of the molecule is CCCC/C=C\CCCCCCC(=O)OCC(COC(=O)CCC/C=C\C/C=C\C/C=C\CCCCCCCC)OC(=O)CCCCCCCCCCCCCC. The number of carbonyl (C=O) groups excluding carboxylic acids is 3. The van der Waals surface area contributed by atoms with E-state index in [1.807, 2.05) is 0 Å². The minimum atomic E-state index is -0.792. The van der Waals surface area contributed by atoms with Crippen molar-refractivity contribution >= 4 is 17.9 Å². The van der Waals surface area contributed by atoms with Crippen molar-refractivity contribution in [2.45, 2.75) is 245 Å². The number of carbonyl (C=O) groups is 3. The molecule has 6 nitrogen and oxygen atoms in total. The third-order valence-corrected chi connectivity index (χ3v) is 10.3. The van der Waals surface area contributed by atoms with E-state index in [1.54, 1.807) is 0 Å². The fourth-order valence-corrected chi connectivity index (χ4v) is 6.61. The predicted octanol–water partition coefficient (Wildman–Crippen LogP) is 15.5. The number of hydrogen-bond donors (Lipinski definition) is 0.